The third kappa shape index (κ3) is 3.05. The Morgan fingerprint density at radius 2 is 2.05 bits per heavy atom. The van der Waals surface area contributed by atoms with E-state index in [-0.39, 0.29) is 0 Å². The molecule has 1 aromatic carbocycles. The van der Waals surface area contributed by atoms with E-state index < -0.39 is 12.0 Å². The molecule has 0 aliphatic carbocycles. The summed E-state index contributed by atoms with van der Waals surface area (Å²) in [4.78, 5) is 12.3. The van der Waals surface area contributed by atoms with Gasteiger partial charge in [0.2, 0.25) is 0 Å². The molecule has 1 aliphatic rings. The first-order chi connectivity index (χ1) is 10.5. The second-order valence-electron chi connectivity index (χ2n) is 4.75. The monoisotopic (exact) mass is 321 g/mol. The zero-order chi connectivity index (χ0) is 16.3. The number of nitrogens with one attached hydrogen (secondary N) is 1. The number of nitrogens with two attached hydrogens (primary N) is 1. The van der Waals surface area contributed by atoms with Crippen molar-refractivity contribution >= 4 is 23.3 Å². The average Bonchev–Trinajstić information content (AvgIpc) is 2.52. The lowest BCUT2D eigenvalue weighted by Crippen LogP contribution is -2.50. The van der Waals surface area contributed by atoms with E-state index in [0.29, 0.717) is 23.0 Å². The Labute approximate surface area is 134 Å². The number of esters is 1. The lowest BCUT2D eigenvalue weighted by Gasteiger charge is -2.34. The van der Waals surface area contributed by atoms with Crippen LogP contribution in [0, 0.1) is 0 Å². The highest BCUT2D eigenvalue weighted by molar-refractivity contribution is 7.80. The largest absolute Gasteiger partial charge is 0.497 e. The van der Waals surface area contributed by atoms with Crippen LogP contribution in [0.1, 0.15) is 25.5 Å². The van der Waals surface area contributed by atoms with E-state index in [4.69, 9.17) is 27.5 Å². The molecule has 6 nitrogen and oxygen atoms in total. The van der Waals surface area contributed by atoms with Gasteiger partial charge in [-0.25, -0.2) is 10.6 Å². The number of hydrogen-bond acceptors (Lipinski definition) is 5. The average molecular weight is 321 g/mol. The first-order valence-electron chi connectivity index (χ1n) is 6.86. The molecule has 22 heavy (non-hydrogen) atoms. The van der Waals surface area contributed by atoms with Gasteiger partial charge >= 0.3 is 5.97 Å². The van der Waals surface area contributed by atoms with E-state index in [1.54, 1.807) is 21.0 Å². The third-order valence-electron chi connectivity index (χ3n) is 3.47. The zero-order valence-corrected chi connectivity index (χ0v) is 13.6. The first-order valence-corrected chi connectivity index (χ1v) is 7.27. The standard InChI is InChI=1S/C15H19N3O3S/c1-4-21-14(19)12-9(2)18(16)15(22)17-13(12)10-5-7-11(20-3)8-6-10/h5-8,13H,4,16H2,1-3H3,(H,17,22)/t13-/m0/s1. The van der Waals surface area contributed by atoms with Crippen molar-refractivity contribution in [1.82, 2.24) is 10.3 Å². The van der Waals surface area contributed by atoms with Crippen LogP contribution >= 0.6 is 12.2 Å². The van der Waals surface area contributed by atoms with Gasteiger partial charge in [-0.3, -0.25) is 5.01 Å². The van der Waals surface area contributed by atoms with Gasteiger partial charge in [0.25, 0.3) is 0 Å². The highest BCUT2D eigenvalue weighted by Gasteiger charge is 2.33. The summed E-state index contributed by atoms with van der Waals surface area (Å²) in [5, 5.41) is 4.71. The molecule has 1 atom stereocenters. The summed E-state index contributed by atoms with van der Waals surface area (Å²) in [5.41, 5.74) is 1.89. The number of benzene rings is 1. The maximum Gasteiger partial charge on any atom is 0.338 e. The summed E-state index contributed by atoms with van der Waals surface area (Å²) in [6, 6.07) is 6.99. The van der Waals surface area contributed by atoms with Crippen molar-refractivity contribution in [1.29, 1.82) is 0 Å². The lowest BCUT2D eigenvalue weighted by atomic mass is 9.95. The van der Waals surface area contributed by atoms with Crippen molar-refractivity contribution in [3.05, 3.63) is 41.1 Å². The predicted molar refractivity (Wildman–Crippen MR) is 86.8 cm³/mol. The summed E-state index contributed by atoms with van der Waals surface area (Å²) in [7, 11) is 1.60. The molecule has 0 aromatic heterocycles. The van der Waals surface area contributed by atoms with Gasteiger partial charge in [0, 0.05) is 5.70 Å². The normalized spacial score (nSPS) is 18.1. The molecule has 0 saturated carbocycles. The lowest BCUT2D eigenvalue weighted by molar-refractivity contribution is -0.139. The molecule has 0 radical (unpaired) electrons. The molecule has 0 fully saturated rings. The second kappa shape index (κ2) is 6.76. The van der Waals surface area contributed by atoms with Crippen molar-refractivity contribution in [2.75, 3.05) is 13.7 Å². The molecular formula is C15H19N3O3S. The summed E-state index contributed by atoms with van der Waals surface area (Å²) in [5.74, 6) is 6.20. The minimum absolute atomic E-state index is 0.292. The van der Waals surface area contributed by atoms with Crippen LogP contribution < -0.4 is 15.9 Å². The molecule has 0 amide bonds. The molecule has 118 valence electrons. The van der Waals surface area contributed by atoms with Gasteiger partial charge in [0.1, 0.15) is 5.75 Å². The van der Waals surface area contributed by atoms with Crippen LogP contribution in [0.4, 0.5) is 0 Å². The Balaban J connectivity index is 2.45. The van der Waals surface area contributed by atoms with E-state index in [2.05, 4.69) is 5.32 Å². The fourth-order valence-corrected chi connectivity index (χ4v) is 2.53. The van der Waals surface area contributed by atoms with Gasteiger partial charge in [-0.15, -0.1) is 0 Å². The van der Waals surface area contributed by atoms with Crippen molar-refractivity contribution in [2.45, 2.75) is 19.9 Å². The molecule has 1 heterocycles. The topological polar surface area (TPSA) is 76.8 Å². The maximum atomic E-state index is 12.3. The van der Waals surface area contributed by atoms with E-state index >= 15 is 0 Å². The molecule has 7 heteroatoms. The number of ether oxygens (including phenoxy) is 2. The molecule has 0 unspecified atom stereocenters. The van der Waals surface area contributed by atoms with E-state index in [9.17, 15) is 4.79 Å². The van der Waals surface area contributed by atoms with E-state index in [0.717, 1.165) is 11.3 Å². The molecule has 3 N–H and O–H groups in total. The van der Waals surface area contributed by atoms with Crippen molar-refractivity contribution in [3.8, 4) is 5.75 Å². The first kappa shape index (κ1) is 16.3. The van der Waals surface area contributed by atoms with E-state index in [1.165, 1.54) is 5.01 Å². The number of carbonyl (C=O) groups excluding carboxylic acids is 1. The SMILES string of the molecule is CCOC(=O)C1=C(C)N(N)C(=S)N[C@H]1c1ccc(OC)cc1. The number of thiocarbonyl (C=S) groups is 1. The number of carbonyl (C=O) groups is 1. The van der Waals surface area contributed by atoms with Crippen LogP contribution in [0.15, 0.2) is 35.5 Å². The Morgan fingerprint density at radius 3 is 2.59 bits per heavy atom. The van der Waals surface area contributed by atoms with Crippen LogP contribution in [0.5, 0.6) is 5.75 Å². The third-order valence-corrected chi connectivity index (χ3v) is 3.79. The highest BCUT2D eigenvalue weighted by atomic mass is 32.1. The quantitative estimate of drug-likeness (QED) is 0.496. The van der Waals surface area contributed by atoms with Crippen LogP contribution in [0.2, 0.25) is 0 Å². The number of hydrogen-bond donors (Lipinski definition) is 2. The fraction of sp³-hybridized carbons (Fsp3) is 0.333. The molecule has 0 saturated heterocycles. The number of rotatable bonds is 4. The van der Waals surface area contributed by atoms with Gasteiger partial charge in [-0.2, -0.15) is 0 Å². The predicted octanol–water partition coefficient (Wildman–Crippen LogP) is 1.64. The van der Waals surface area contributed by atoms with Crippen LogP contribution in [0.25, 0.3) is 0 Å². The summed E-state index contributed by atoms with van der Waals surface area (Å²) < 4.78 is 10.3. The zero-order valence-electron chi connectivity index (χ0n) is 12.8. The van der Waals surface area contributed by atoms with Gasteiger partial charge in [-0.1, -0.05) is 12.1 Å². The fourth-order valence-electron chi connectivity index (χ4n) is 2.28. The number of methoxy groups -OCH3 is 1. The van der Waals surface area contributed by atoms with Crippen LogP contribution in [0.3, 0.4) is 0 Å². The van der Waals surface area contributed by atoms with Gasteiger partial charge in [-0.05, 0) is 43.8 Å². The minimum Gasteiger partial charge on any atom is -0.497 e. The molecule has 2 rings (SSSR count). The smallest absolute Gasteiger partial charge is 0.338 e. The maximum absolute atomic E-state index is 12.3. The van der Waals surface area contributed by atoms with E-state index in [1.807, 2.05) is 24.3 Å². The molecular weight excluding hydrogens is 302 g/mol. The summed E-state index contributed by atoms with van der Waals surface area (Å²) in [6.45, 7) is 3.80. The van der Waals surface area contributed by atoms with Crippen molar-refractivity contribution in [2.24, 2.45) is 5.84 Å². The number of nitrogens with zero attached hydrogens (tertiary/aromatic N) is 1. The van der Waals surface area contributed by atoms with Gasteiger partial charge in [0.15, 0.2) is 5.11 Å². The Morgan fingerprint density at radius 1 is 1.41 bits per heavy atom. The van der Waals surface area contributed by atoms with Crippen molar-refractivity contribution < 1.29 is 14.3 Å². The summed E-state index contributed by atoms with van der Waals surface area (Å²) in [6.07, 6.45) is 0. The Kier molecular flexibility index (Phi) is 4.99. The number of allylic oxidation sites excluding steroid dienone is 1. The van der Waals surface area contributed by atoms with Gasteiger partial charge in [0.05, 0.1) is 25.3 Å². The highest BCUT2D eigenvalue weighted by Crippen LogP contribution is 2.30. The molecule has 0 spiro atoms. The summed E-state index contributed by atoms with van der Waals surface area (Å²) >= 11 is 5.21. The Hall–Kier alpha value is -2.12. The molecule has 0 bridgehead atoms. The minimum atomic E-state index is -0.411. The molecule has 1 aromatic rings. The van der Waals surface area contributed by atoms with Crippen molar-refractivity contribution in [3.63, 3.8) is 0 Å². The van der Waals surface area contributed by atoms with Crippen LogP contribution in [-0.2, 0) is 9.53 Å². The Bertz CT molecular complexity index is 613. The van der Waals surface area contributed by atoms with Gasteiger partial charge < -0.3 is 14.8 Å². The van der Waals surface area contributed by atoms with Crippen LogP contribution in [-0.4, -0.2) is 29.8 Å². The second-order valence-corrected chi connectivity index (χ2v) is 5.13. The molecule has 1 aliphatic heterocycles. The number of hydrazine groups is 1.